The fraction of sp³-hybridized carbons (Fsp3) is 0.529. The van der Waals surface area contributed by atoms with E-state index in [1.54, 1.807) is 12.1 Å². The average Bonchev–Trinajstić information content (AvgIpc) is 3.50. The summed E-state index contributed by atoms with van der Waals surface area (Å²) in [7, 11) is -2.31. The first-order valence-electron chi connectivity index (χ1n) is 8.78. The summed E-state index contributed by atoms with van der Waals surface area (Å²) in [6, 6.07) is 6.12. The molecule has 10 heteroatoms. The largest absolute Gasteiger partial charge is 0.497 e. The van der Waals surface area contributed by atoms with Crippen LogP contribution in [0.5, 0.6) is 5.75 Å². The highest BCUT2D eigenvalue weighted by atomic mass is 32.2. The Balaban J connectivity index is 1.66. The third kappa shape index (κ3) is 4.76. The van der Waals surface area contributed by atoms with E-state index in [9.17, 15) is 18.0 Å². The first-order chi connectivity index (χ1) is 12.9. The molecule has 148 valence electrons. The highest BCUT2D eigenvalue weighted by molar-refractivity contribution is 7.89. The Labute approximate surface area is 158 Å². The quantitative estimate of drug-likeness (QED) is 0.644. The number of benzene rings is 1. The van der Waals surface area contributed by atoms with Gasteiger partial charge in [-0.05, 0) is 43.5 Å². The number of nitrogens with one attached hydrogen (secondary N) is 2. The van der Waals surface area contributed by atoms with Gasteiger partial charge in [0.05, 0.1) is 25.2 Å². The average molecular weight is 397 g/mol. The van der Waals surface area contributed by atoms with E-state index in [2.05, 4.69) is 10.6 Å². The summed E-state index contributed by atoms with van der Waals surface area (Å²) in [5.41, 5.74) is 0. The molecule has 2 aliphatic rings. The maximum atomic E-state index is 12.9. The third-order valence-electron chi connectivity index (χ3n) is 4.38. The Morgan fingerprint density at radius 1 is 1.22 bits per heavy atom. The molecule has 2 amide bonds. The molecule has 27 heavy (non-hydrogen) atoms. The molecular formula is C17H23N3O6S. The Kier molecular flexibility index (Phi) is 5.98. The van der Waals surface area contributed by atoms with E-state index < -0.39 is 28.1 Å². The minimum atomic E-state index is -3.81. The zero-order valence-corrected chi connectivity index (χ0v) is 15.8. The van der Waals surface area contributed by atoms with Crippen molar-refractivity contribution < 1.29 is 27.5 Å². The predicted molar refractivity (Wildman–Crippen MR) is 95.4 cm³/mol. The third-order valence-corrected chi connectivity index (χ3v) is 6.28. The van der Waals surface area contributed by atoms with Gasteiger partial charge in [-0.1, -0.05) is 0 Å². The number of hydrogen-bond acceptors (Lipinski definition) is 6. The van der Waals surface area contributed by atoms with Crippen LogP contribution in [0.1, 0.15) is 19.3 Å². The predicted octanol–water partition coefficient (Wildman–Crippen LogP) is -0.173. The molecule has 1 unspecified atom stereocenters. The molecule has 1 heterocycles. The second-order valence-electron chi connectivity index (χ2n) is 6.43. The van der Waals surface area contributed by atoms with Crippen LogP contribution in [0.4, 0.5) is 0 Å². The normalized spacial score (nSPS) is 20.7. The van der Waals surface area contributed by atoms with Crippen molar-refractivity contribution in [3.8, 4) is 5.75 Å². The monoisotopic (exact) mass is 397 g/mol. The lowest BCUT2D eigenvalue weighted by atomic mass is 10.3. The van der Waals surface area contributed by atoms with Crippen molar-refractivity contribution in [1.82, 2.24) is 14.9 Å². The summed E-state index contributed by atoms with van der Waals surface area (Å²) < 4.78 is 37.7. The Hall–Kier alpha value is -2.17. The highest BCUT2D eigenvalue weighted by Crippen LogP contribution is 2.24. The molecule has 1 atom stereocenters. The molecule has 9 nitrogen and oxygen atoms in total. The van der Waals surface area contributed by atoms with Gasteiger partial charge in [-0.3, -0.25) is 9.59 Å². The van der Waals surface area contributed by atoms with Gasteiger partial charge in [0.2, 0.25) is 10.0 Å². The van der Waals surface area contributed by atoms with Crippen LogP contribution in [0.15, 0.2) is 29.2 Å². The standard InChI is InChI=1S/C17H23N3O6S/c1-25-13-5-7-14(8-6-13)27(23,24)20-9-2-10-26-15(20)11-18-16(21)17(22)19-12-3-4-12/h5-8,12,15H,2-4,9-11H2,1H3,(H,18,21)(H,19,22). The summed E-state index contributed by atoms with van der Waals surface area (Å²) in [4.78, 5) is 23.7. The van der Waals surface area contributed by atoms with Gasteiger partial charge in [0.15, 0.2) is 0 Å². The van der Waals surface area contributed by atoms with Crippen LogP contribution in [0.3, 0.4) is 0 Å². The van der Waals surface area contributed by atoms with Crippen molar-refractivity contribution >= 4 is 21.8 Å². The number of sulfonamides is 1. The van der Waals surface area contributed by atoms with Crippen LogP contribution in [0, 0.1) is 0 Å². The first kappa shape index (κ1) is 19.6. The van der Waals surface area contributed by atoms with Crippen molar-refractivity contribution in [2.45, 2.75) is 36.4 Å². The molecule has 1 saturated carbocycles. The molecule has 2 N–H and O–H groups in total. The fourth-order valence-corrected chi connectivity index (χ4v) is 4.29. The molecule has 1 aromatic carbocycles. The molecule has 2 fully saturated rings. The van der Waals surface area contributed by atoms with E-state index in [4.69, 9.17) is 9.47 Å². The topological polar surface area (TPSA) is 114 Å². The Morgan fingerprint density at radius 2 is 1.93 bits per heavy atom. The van der Waals surface area contributed by atoms with Crippen LogP contribution in [0.2, 0.25) is 0 Å². The molecule has 1 aliphatic heterocycles. The van der Waals surface area contributed by atoms with Crippen molar-refractivity contribution in [3.05, 3.63) is 24.3 Å². The molecule has 1 aromatic rings. The molecular weight excluding hydrogens is 374 g/mol. The van der Waals surface area contributed by atoms with Gasteiger partial charge in [0.1, 0.15) is 12.0 Å². The minimum Gasteiger partial charge on any atom is -0.497 e. The maximum absolute atomic E-state index is 12.9. The van der Waals surface area contributed by atoms with Gasteiger partial charge in [0, 0.05) is 12.6 Å². The lowest BCUT2D eigenvalue weighted by Gasteiger charge is -2.34. The van der Waals surface area contributed by atoms with E-state index in [1.807, 2.05) is 0 Å². The van der Waals surface area contributed by atoms with E-state index in [0.29, 0.717) is 18.8 Å². The van der Waals surface area contributed by atoms with Gasteiger partial charge in [-0.2, -0.15) is 4.31 Å². The molecule has 3 rings (SSSR count). The number of rotatable bonds is 6. The number of ether oxygens (including phenoxy) is 2. The maximum Gasteiger partial charge on any atom is 0.309 e. The zero-order valence-electron chi connectivity index (χ0n) is 15.0. The summed E-state index contributed by atoms with van der Waals surface area (Å²) in [6.45, 7) is 0.541. The number of nitrogens with zero attached hydrogens (tertiary/aromatic N) is 1. The van der Waals surface area contributed by atoms with Crippen molar-refractivity contribution in [1.29, 1.82) is 0 Å². The minimum absolute atomic E-state index is 0.0705. The molecule has 1 aliphatic carbocycles. The van der Waals surface area contributed by atoms with Crippen molar-refractivity contribution in [3.63, 3.8) is 0 Å². The van der Waals surface area contributed by atoms with Crippen molar-refractivity contribution in [2.75, 3.05) is 26.8 Å². The van der Waals surface area contributed by atoms with Gasteiger partial charge >= 0.3 is 11.8 Å². The molecule has 0 spiro atoms. The summed E-state index contributed by atoms with van der Waals surface area (Å²) in [5, 5.41) is 5.04. The molecule has 1 saturated heterocycles. The van der Waals surface area contributed by atoms with E-state index in [0.717, 1.165) is 12.8 Å². The van der Waals surface area contributed by atoms with Crippen molar-refractivity contribution in [2.24, 2.45) is 0 Å². The smallest absolute Gasteiger partial charge is 0.309 e. The molecule has 0 bridgehead atoms. The van der Waals surface area contributed by atoms with Gasteiger partial charge in [0.25, 0.3) is 0 Å². The lowest BCUT2D eigenvalue weighted by Crippen LogP contribution is -2.53. The number of hydrogen-bond donors (Lipinski definition) is 2. The number of methoxy groups -OCH3 is 1. The second-order valence-corrected chi connectivity index (χ2v) is 8.32. The molecule has 0 radical (unpaired) electrons. The summed E-state index contributed by atoms with van der Waals surface area (Å²) in [5.74, 6) is -0.954. The summed E-state index contributed by atoms with van der Waals surface area (Å²) in [6.07, 6.45) is 1.42. The van der Waals surface area contributed by atoms with Crippen LogP contribution < -0.4 is 15.4 Å². The first-order valence-corrected chi connectivity index (χ1v) is 10.2. The fourth-order valence-electron chi connectivity index (χ4n) is 2.72. The SMILES string of the molecule is COc1ccc(S(=O)(=O)N2CCCOC2CNC(=O)C(=O)NC2CC2)cc1. The van der Waals surface area contributed by atoms with Gasteiger partial charge < -0.3 is 20.1 Å². The molecule has 0 aromatic heterocycles. The van der Waals surface area contributed by atoms with Gasteiger partial charge in [-0.15, -0.1) is 0 Å². The van der Waals surface area contributed by atoms with Crippen LogP contribution in [-0.2, 0) is 24.3 Å². The number of carbonyl (C=O) groups excluding carboxylic acids is 2. The van der Waals surface area contributed by atoms with E-state index in [-0.39, 0.29) is 24.0 Å². The van der Waals surface area contributed by atoms with E-state index >= 15 is 0 Å². The van der Waals surface area contributed by atoms with E-state index in [1.165, 1.54) is 23.5 Å². The number of amides is 2. The second kappa shape index (κ2) is 8.24. The lowest BCUT2D eigenvalue weighted by molar-refractivity contribution is -0.140. The van der Waals surface area contributed by atoms with Crippen LogP contribution in [-0.4, -0.2) is 63.6 Å². The van der Waals surface area contributed by atoms with Crippen LogP contribution in [0.25, 0.3) is 0 Å². The van der Waals surface area contributed by atoms with Crippen LogP contribution >= 0.6 is 0 Å². The Bertz CT molecular complexity index is 791. The summed E-state index contributed by atoms with van der Waals surface area (Å²) >= 11 is 0. The van der Waals surface area contributed by atoms with Gasteiger partial charge in [-0.25, -0.2) is 8.42 Å². The Morgan fingerprint density at radius 3 is 2.56 bits per heavy atom. The number of carbonyl (C=O) groups is 2. The zero-order chi connectivity index (χ0) is 19.4. The highest BCUT2D eigenvalue weighted by Gasteiger charge is 2.35.